The minimum absolute atomic E-state index is 0.0620. The summed E-state index contributed by atoms with van der Waals surface area (Å²) in [5.74, 6) is -0.426. The molecule has 1 heterocycles. The summed E-state index contributed by atoms with van der Waals surface area (Å²) < 4.78 is 0. The van der Waals surface area contributed by atoms with Gasteiger partial charge >= 0.3 is 0 Å². The Bertz CT molecular complexity index is 709. The standard InChI is InChI=1S/C16H18N2O4S/c1-3-11-4-6-12(7-5-11)13(9-19)17-16(20)15-8-14(18(21)22)10(2)23-15/h4-8,13,19H,3,9H2,1-2H3,(H,17,20). The number of thiophene rings is 1. The molecule has 0 radical (unpaired) electrons. The molecule has 1 amide bonds. The number of carbonyl (C=O) groups excluding carboxylic acids is 1. The van der Waals surface area contributed by atoms with E-state index in [-0.39, 0.29) is 17.2 Å². The first-order chi connectivity index (χ1) is 11.0. The largest absolute Gasteiger partial charge is 0.394 e. The van der Waals surface area contributed by atoms with Gasteiger partial charge in [0.2, 0.25) is 0 Å². The SMILES string of the molecule is CCc1ccc(C(CO)NC(=O)c2cc([N+](=O)[O-])c(C)s2)cc1. The fourth-order valence-electron chi connectivity index (χ4n) is 2.22. The Morgan fingerprint density at radius 2 is 2.04 bits per heavy atom. The Labute approximate surface area is 137 Å². The molecule has 0 aliphatic carbocycles. The van der Waals surface area contributed by atoms with Crippen molar-refractivity contribution in [2.24, 2.45) is 0 Å². The van der Waals surface area contributed by atoms with E-state index in [1.165, 1.54) is 11.6 Å². The second-order valence-corrected chi connectivity index (χ2v) is 6.37. The van der Waals surface area contributed by atoms with E-state index in [1.807, 2.05) is 31.2 Å². The molecule has 6 nitrogen and oxygen atoms in total. The van der Waals surface area contributed by atoms with Crippen LogP contribution < -0.4 is 5.32 Å². The Hall–Kier alpha value is -2.25. The number of aryl methyl sites for hydroxylation is 2. The van der Waals surface area contributed by atoms with Crippen LogP contribution in [0.25, 0.3) is 0 Å². The quantitative estimate of drug-likeness (QED) is 0.627. The van der Waals surface area contributed by atoms with Gasteiger partial charge in [0.15, 0.2) is 0 Å². The number of nitrogens with zero attached hydrogens (tertiary/aromatic N) is 1. The van der Waals surface area contributed by atoms with Crippen LogP contribution in [0.15, 0.2) is 30.3 Å². The van der Waals surface area contributed by atoms with E-state index in [9.17, 15) is 20.0 Å². The number of rotatable bonds is 6. The number of amides is 1. The third-order valence-corrected chi connectivity index (χ3v) is 4.63. The van der Waals surface area contributed by atoms with Crippen molar-refractivity contribution in [2.45, 2.75) is 26.3 Å². The van der Waals surface area contributed by atoms with Gasteiger partial charge in [-0.15, -0.1) is 11.3 Å². The van der Waals surface area contributed by atoms with Crippen molar-refractivity contribution >= 4 is 22.9 Å². The van der Waals surface area contributed by atoms with Crippen LogP contribution >= 0.6 is 11.3 Å². The van der Waals surface area contributed by atoms with Gasteiger partial charge in [0.05, 0.1) is 27.3 Å². The molecule has 2 N–H and O–H groups in total. The highest BCUT2D eigenvalue weighted by molar-refractivity contribution is 7.14. The van der Waals surface area contributed by atoms with Crippen molar-refractivity contribution in [1.29, 1.82) is 0 Å². The summed E-state index contributed by atoms with van der Waals surface area (Å²) in [4.78, 5) is 23.4. The maximum absolute atomic E-state index is 12.3. The van der Waals surface area contributed by atoms with Gasteiger partial charge in [0, 0.05) is 6.07 Å². The highest BCUT2D eigenvalue weighted by Gasteiger charge is 2.21. The van der Waals surface area contributed by atoms with Crippen molar-refractivity contribution < 1.29 is 14.8 Å². The van der Waals surface area contributed by atoms with Crippen molar-refractivity contribution in [2.75, 3.05) is 6.61 Å². The molecule has 0 aliphatic rings. The molecule has 0 saturated carbocycles. The monoisotopic (exact) mass is 334 g/mol. The minimum atomic E-state index is -0.546. The van der Waals surface area contributed by atoms with Gasteiger partial charge in [0.1, 0.15) is 0 Å². The maximum atomic E-state index is 12.3. The lowest BCUT2D eigenvalue weighted by atomic mass is 10.0. The molecule has 0 aliphatic heterocycles. The van der Waals surface area contributed by atoms with E-state index in [0.717, 1.165) is 23.3 Å². The van der Waals surface area contributed by atoms with Crippen LogP contribution in [-0.2, 0) is 6.42 Å². The molecule has 1 atom stereocenters. The first-order valence-electron chi connectivity index (χ1n) is 7.21. The van der Waals surface area contributed by atoms with Gasteiger partial charge in [-0.2, -0.15) is 0 Å². The van der Waals surface area contributed by atoms with Gasteiger partial charge in [-0.3, -0.25) is 14.9 Å². The van der Waals surface area contributed by atoms with Gasteiger partial charge in [0.25, 0.3) is 11.6 Å². The number of carbonyl (C=O) groups is 1. The van der Waals surface area contributed by atoms with Crippen LogP contribution in [0.1, 0.15) is 38.6 Å². The fraction of sp³-hybridized carbons (Fsp3) is 0.312. The van der Waals surface area contributed by atoms with Crippen LogP contribution in [0.5, 0.6) is 0 Å². The normalized spacial score (nSPS) is 12.0. The number of aliphatic hydroxyl groups is 1. The Kier molecular flexibility index (Phi) is 5.46. The maximum Gasteiger partial charge on any atom is 0.283 e. The molecule has 7 heteroatoms. The van der Waals surface area contributed by atoms with E-state index in [2.05, 4.69) is 5.32 Å². The van der Waals surface area contributed by atoms with Gasteiger partial charge in [-0.25, -0.2) is 0 Å². The predicted octanol–water partition coefficient (Wildman–Crippen LogP) is 2.99. The topological polar surface area (TPSA) is 92.5 Å². The molecule has 2 aromatic rings. The molecule has 1 aromatic carbocycles. The Balaban J connectivity index is 2.15. The highest BCUT2D eigenvalue weighted by atomic mass is 32.1. The third kappa shape index (κ3) is 3.94. The van der Waals surface area contributed by atoms with Crippen LogP contribution in [0.3, 0.4) is 0 Å². The molecule has 23 heavy (non-hydrogen) atoms. The number of nitro groups is 1. The first kappa shape index (κ1) is 17.1. The average molecular weight is 334 g/mol. The molecular formula is C16H18N2O4S. The van der Waals surface area contributed by atoms with Gasteiger partial charge in [-0.05, 0) is 24.5 Å². The zero-order valence-electron chi connectivity index (χ0n) is 12.9. The number of hydrogen-bond donors (Lipinski definition) is 2. The van der Waals surface area contributed by atoms with Crippen molar-refractivity contribution in [3.63, 3.8) is 0 Å². The molecule has 1 unspecified atom stereocenters. The van der Waals surface area contributed by atoms with E-state index >= 15 is 0 Å². The van der Waals surface area contributed by atoms with E-state index in [0.29, 0.717) is 4.88 Å². The summed E-state index contributed by atoms with van der Waals surface area (Å²) >= 11 is 1.07. The summed E-state index contributed by atoms with van der Waals surface area (Å²) in [5, 5.41) is 23.1. The van der Waals surface area contributed by atoms with Crippen LogP contribution in [0, 0.1) is 17.0 Å². The zero-order valence-corrected chi connectivity index (χ0v) is 13.7. The predicted molar refractivity (Wildman–Crippen MR) is 88.8 cm³/mol. The second kappa shape index (κ2) is 7.34. The van der Waals surface area contributed by atoms with Crippen LogP contribution in [-0.4, -0.2) is 22.5 Å². The minimum Gasteiger partial charge on any atom is -0.394 e. The lowest BCUT2D eigenvalue weighted by Gasteiger charge is -2.16. The van der Waals surface area contributed by atoms with Crippen molar-refractivity contribution in [1.82, 2.24) is 5.32 Å². The zero-order chi connectivity index (χ0) is 17.0. The third-order valence-electron chi connectivity index (χ3n) is 3.59. The molecule has 122 valence electrons. The highest BCUT2D eigenvalue weighted by Crippen LogP contribution is 2.28. The smallest absolute Gasteiger partial charge is 0.283 e. The average Bonchev–Trinajstić information content (AvgIpc) is 2.95. The summed E-state index contributed by atoms with van der Waals surface area (Å²) in [6.07, 6.45) is 0.911. The first-order valence-corrected chi connectivity index (χ1v) is 8.03. The van der Waals surface area contributed by atoms with Gasteiger partial charge < -0.3 is 10.4 Å². The molecule has 0 bridgehead atoms. The summed E-state index contributed by atoms with van der Waals surface area (Å²) in [6.45, 7) is 3.41. The number of benzene rings is 1. The number of hydrogen-bond acceptors (Lipinski definition) is 5. The summed E-state index contributed by atoms with van der Waals surface area (Å²) in [5.41, 5.74) is 1.90. The Morgan fingerprint density at radius 1 is 1.39 bits per heavy atom. The van der Waals surface area contributed by atoms with Crippen LogP contribution in [0.4, 0.5) is 5.69 Å². The van der Waals surface area contributed by atoms with Gasteiger partial charge in [-0.1, -0.05) is 31.2 Å². The van der Waals surface area contributed by atoms with Crippen LogP contribution in [0.2, 0.25) is 0 Å². The second-order valence-electron chi connectivity index (χ2n) is 5.11. The lowest BCUT2D eigenvalue weighted by Crippen LogP contribution is -2.30. The molecule has 0 fully saturated rings. The van der Waals surface area contributed by atoms with Crippen molar-refractivity contribution in [3.8, 4) is 0 Å². The lowest BCUT2D eigenvalue weighted by molar-refractivity contribution is -0.385. The Morgan fingerprint density at radius 3 is 2.52 bits per heavy atom. The van der Waals surface area contributed by atoms with E-state index in [1.54, 1.807) is 6.92 Å². The molecule has 1 aromatic heterocycles. The van der Waals surface area contributed by atoms with Crippen molar-refractivity contribution in [3.05, 3.63) is 61.3 Å². The molecule has 0 spiro atoms. The van der Waals surface area contributed by atoms with E-state index in [4.69, 9.17) is 0 Å². The molecular weight excluding hydrogens is 316 g/mol. The fourth-order valence-corrected chi connectivity index (χ4v) is 3.11. The molecule has 2 rings (SSSR count). The number of nitrogens with one attached hydrogen (secondary N) is 1. The molecule has 0 saturated heterocycles. The summed E-state index contributed by atoms with van der Waals surface area (Å²) in [7, 11) is 0. The number of aliphatic hydroxyl groups excluding tert-OH is 1. The summed E-state index contributed by atoms with van der Waals surface area (Å²) in [6, 6.07) is 8.35. The van der Waals surface area contributed by atoms with E-state index < -0.39 is 16.9 Å².